The van der Waals surface area contributed by atoms with Gasteiger partial charge in [0.05, 0.1) is 11.3 Å². The second-order valence-electron chi connectivity index (χ2n) is 6.76. The first-order chi connectivity index (χ1) is 13.5. The fourth-order valence-electron chi connectivity index (χ4n) is 3.66. The van der Waals surface area contributed by atoms with E-state index in [1.54, 1.807) is 31.3 Å². The van der Waals surface area contributed by atoms with E-state index in [0.29, 0.717) is 21.8 Å². The highest BCUT2D eigenvalue weighted by molar-refractivity contribution is 7.17. The number of rotatable bonds is 4. The third kappa shape index (κ3) is 3.09. The molecule has 1 aromatic carbocycles. The van der Waals surface area contributed by atoms with Crippen molar-refractivity contribution in [3.05, 3.63) is 45.8 Å². The Bertz CT molecular complexity index is 978. The van der Waals surface area contributed by atoms with Crippen molar-refractivity contribution >= 4 is 45.7 Å². The van der Waals surface area contributed by atoms with Crippen LogP contribution in [0.25, 0.3) is 0 Å². The van der Waals surface area contributed by atoms with Crippen LogP contribution in [-0.2, 0) is 22.4 Å². The minimum atomic E-state index is -0.337. The van der Waals surface area contributed by atoms with Gasteiger partial charge in [-0.05, 0) is 49.1 Å². The molecule has 2 aliphatic rings. The van der Waals surface area contributed by atoms with Crippen LogP contribution in [0.4, 0.5) is 10.7 Å². The van der Waals surface area contributed by atoms with Gasteiger partial charge in [-0.1, -0.05) is 0 Å². The molecule has 1 aromatic heterocycles. The third-order valence-corrected chi connectivity index (χ3v) is 6.25. The zero-order valence-electron chi connectivity index (χ0n) is 15.3. The number of nitrogens with one attached hydrogen (secondary N) is 2. The summed E-state index contributed by atoms with van der Waals surface area (Å²) in [6.07, 6.45) is 3.22. The van der Waals surface area contributed by atoms with Crippen LogP contribution in [0.1, 0.15) is 50.4 Å². The molecule has 0 saturated carbocycles. The molecule has 2 N–H and O–H groups in total. The Morgan fingerprint density at radius 2 is 1.64 bits per heavy atom. The van der Waals surface area contributed by atoms with E-state index < -0.39 is 0 Å². The summed E-state index contributed by atoms with van der Waals surface area (Å²) in [6, 6.07) is 6.32. The number of benzene rings is 1. The number of carbonyl (C=O) groups excluding carboxylic acids is 4. The van der Waals surface area contributed by atoms with E-state index in [0.717, 1.165) is 34.6 Å². The van der Waals surface area contributed by atoms with Crippen molar-refractivity contribution in [3.8, 4) is 0 Å². The molecule has 1 saturated heterocycles. The smallest absolute Gasteiger partial charge is 0.256 e. The number of hydrogen-bond acceptors (Lipinski definition) is 5. The molecule has 0 bridgehead atoms. The summed E-state index contributed by atoms with van der Waals surface area (Å²) >= 11 is 1.45. The lowest BCUT2D eigenvalue weighted by Gasteiger charge is -2.14. The lowest BCUT2D eigenvalue weighted by molar-refractivity contribution is -0.121. The van der Waals surface area contributed by atoms with Crippen LogP contribution in [0.3, 0.4) is 0 Å². The van der Waals surface area contributed by atoms with Crippen molar-refractivity contribution < 1.29 is 19.2 Å². The Labute approximate surface area is 165 Å². The zero-order valence-corrected chi connectivity index (χ0v) is 16.1. The fraction of sp³-hybridized carbons (Fsp3) is 0.300. The molecule has 0 spiro atoms. The van der Waals surface area contributed by atoms with E-state index in [2.05, 4.69) is 10.6 Å². The van der Waals surface area contributed by atoms with Crippen LogP contribution in [0.15, 0.2) is 24.3 Å². The molecule has 0 unspecified atom stereocenters. The van der Waals surface area contributed by atoms with Gasteiger partial charge in [-0.25, -0.2) is 0 Å². The number of imide groups is 1. The first kappa shape index (κ1) is 18.4. The molecule has 1 aliphatic heterocycles. The van der Waals surface area contributed by atoms with E-state index in [1.807, 2.05) is 0 Å². The second-order valence-corrected chi connectivity index (χ2v) is 7.87. The van der Waals surface area contributed by atoms with Gasteiger partial charge in [0.15, 0.2) is 0 Å². The zero-order chi connectivity index (χ0) is 19.8. The van der Waals surface area contributed by atoms with Crippen LogP contribution in [-0.4, -0.2) is 30.7 Å². The quantitative estimate of drug-likeness (QED) is 0.775. The van der Waals surface area contributed by atoms with Crippen molar-refractivity contribution in [3.63, 3.8) is 0 Å². The fourth-order valence-corrected chi connectivity index (χ4v) is 4.94. The number of amides is 4. The van der Waals surface area contributed by atoms with Gasteiger partial charge >= 0.3 is 0 Å². The molecule has 8 heteroatoms. The molecular weight excluding hydrogens is 378 g/mol. The Hall–Kier alpha value is -3.00. The maximum absolute atomic E-state index is 12.7. The SMILES string of the molecule is CNC(=O)c1c(NC(=O)c2ccc(N3C(=O)CCC3=O)cc2)sc2c1CCC2. The van der Waals surface area contributed by atoms with E-state index in [9.17, 15) is 19.2 Å². The molecule has 4 rings (SSSR count). The molecule has 28 heavy (non-hydrogen) atoms. The summed E-state index contributed by atoms with van der Waals surface area (Å²) < 4.78 is 0. The molecular formula is C20H19N3O4S. The number of nitrogens with zero attached hydrogens (tertiary/aromatic N) is 1. The standard InChI is InChI=1S/C20H19N3O4S/c1-21-19(27)17-13-3-2-4-14(13)28-20(17)22-18(26)11-5-7-12(8-6-11)23-15(24)9-10-16(23)25/h5-8H,2-4,9-10H2,1H3,(H,21,27)(H,22,26). The van der Waals surface area contributed by atoms with Crippen LogP contribution in [0.2, 0.25) is 0 Å². The van der Waals surface area contributed by atoms with E-state index in [4.69, 9.17) is 0 Å². The Morgan fingerprint density at radius 3 is 2.29 bits per heavy atom. The maximum Gasteiger partial charge on any atom is 0.256 e. The lowest BCUT2D eigenvalue weighted by Crippen LogP contribution is -2.28. The van der Waals surface area contributed by atoms with E-state index >= 15 is 0 Å². The predicted octanol–water partition coefficient (Wildman–Crippen LogP) is 2.50. The van der Waals surface area contributed by atoms with E-state index in [-0.39, 0.29) is 36.5 Å². The van der Waals surface area contributed by atoms with Crippen LogP contribution >= 0.6 is 11.3 Å². The highest BCUT2D eigenvalue weighted by Gasteiger charge is 2.30. The van der Waals surface area contributed by atoms with Crippen LogP contribution < -0.4 is 15.5 Å². The third-order valence-electron chi connectivity index (χ3n) is 5.04. The van der Waals surface area contributed by atoms with Gasteiger partial charge in [0.1, 0.15) is 5.00 Å². The first-order valence-electron chi connectivity index (χ1n) is 9.13. The van der Waals surface area contributed by atoms with Crippen LogP contribution in [0.5, 0.6) is 0 Å². The van der Waals surface area contributed by atoms with E-state index in [1.165, 1.54) is 11.3 Å². The van der Waals surface area contributed by atoms with Gasteiger partial charge in [-0.2, -0.15) is 0 Å². The largest absolute Gasteiger partial charge is 0.355 e. The van der Waals surface area contributed by atoms with Gasteiger partial charge in [0.2, 0.25) is 11.8 Å². The summed E-state index contributed by atoms with van der Waals surface area (Å²) in [6.45, 7) is 0. The number of aryl methyl sites for hydroxylation is 1. The lowest BCUT2D eigenvalue weighted by atomic mass is 10.1. The molecule has 7 nitrogen and oxygen atoms in total. The number of hydrogen-bond donors (Lipinski definition) is 2. The topological polar surface area (TPSA) is 95.6 Å². The summed E-state index contributed by atoms with van der Waals surface area (Å²) in [7, 11) is 1.58. The van der Waals surface area contributed by atoms with Gasteiger partial charge in [0.25, 0.3) is 11.8 Å². The summed E-state index contributed by atoms with van der Waals surface area (Å²) in [5, 5.41) is 6.05. The van der Waals surface area contributed by atoms with Crippen molar-refractivity contribution in [2.75, 3.05) is 17.3 Å². The average Bonchev–Trinajstić information content (AvgIpc) is 3.36. The Kier molecular flexibility index (Phi) is 4.72. The molecule has 1 aliphatic carbocycles. The summed E-state index contributed by atoms with van der Waals surface area (Å²) in [4.78, 5) is 50.9. The average molecular weight is 397 g/mol. The van der Waals surface area contributed by atoms with Crippen molar-refractivity contribution in [2.24, 2.45) is 0 Å². The summed E-state index contributed by atoms with van der Waals surface area (Å²) in [5.41, 5.74) is 2.43. The number of anilines is 2. The minimum absolute atomic E-state index is 0.198. The molecule has 2 aromatic rings. The highest BCUT2D eigenvalue weighted by Crippen LogP contribution is 2.39. The molecule has 0 radical (unpaired) electrons. The first-order valence-corrected chi connectivity index (χ1v) is 9.95. The van der Waals surface area contributed by atoms with Gasteiger partial charge in [0, 0.05) is 30.3 Å². The molecule has 144 valence electrons. The van der Waals surface area contributed by atoms with Crippen molar-refractivity contribution in [1.82, 2.24) is 5.32 Å². The van der Waals surface area contributed by atoms with Gasteiger partial charge < -0.3 is 10.6 Å². The van der Waals surface area contributed by atoms with Crippen LogP contribution in [0, 0.1) is 0 Å². The molecule has 2 heterocycles. The Morgan fingerprint density at radius 1 is 0.964 bits per heavy atom. The number of fused-ring (bicyclic) bond motifs is 1. The van der Waals surface area contributed by atoms with Gasteiger partial charge in [-0.3, -0.25) is 24.1 Å². The highest BCUT2D eigenvalue weighted by atomic mass is 32.1. The summed E-state index contributed by atoms with van der Waals surface area (Å²) in [5.74, 6) is -0.997. The normalized spacial score (nSPS) is 15.7. The number of thiophene rings is 1. The molecule has 4 amide bonds. The van der Waals surface area contributed by atoms with Crippen molar-refractivity contribution in [2.45, 2.75) is 32.1 Å². The van der Waals surface area contributed by atoms with Crippen molar-refractivity contribution in [1.29, 1.82) is 0 Å². The minimum Gasteiger partial charge on any atom is -0.355 e. The van der Waals surface area contributed by atoms with Gasteiger partial charge in [-0.15, -0.1) is 11.3 Å². The molecule has 1 fully saturated rings. The predicted molar refractivity (Wildman–Crippen MR) is 106 cm³/mol. The molecule has 0 atom stereocenters. The monoisotopic (exact) mass is 397 g/mol. The Balaban J connectivity index is 1.56. The second kappa shape index (κ2) is 7.20. The maximum atomic E-state index is 12.7. The number of carbonyl (C=O) groups is 4.